The number of aryl methyl sites for hydroxylation is 2. The molecule has 2 aromatic carbocycles. The van der Waals surface area contributed by atoms with E-state index in [1.807, 2.05) is 24.3 Å². The number of rotatable bonds is 10. The summed E-state index contributed by atoms with van der Waals surface area (Å²) in [5.74, 6) is 1.59. The molecule has 0 fully saturated rings. The Balaban J connectivity index is 1.73. The predicted molar refractivity (Wildman–Crippen MR) is 97.1 cm³/mol. The van der Waals surface area contributed by atoms with Crippen LogP contribution in [0.1, 0.15) is 50.7 Å². The first-order valence-electron chi connectivity index (χ1n) is 8.64. The van der Waals surface area contributed by atoms with Gasteiger partial charge in [0.05, 0.1) is 0 Å². The Morgan fingerprint density at radius 1 is 0.652 bits per heavy atom. The maximum Gasteiger partial charge on any atom is 0.658 e. The van der Waals surface area contributed by atoms with Crippen LogP contribution in [0, 0.1) is 0 Å². The molecule has 1 radical (unpaired) electrons. The van der Waals surface area contributed by atoms with Gasteiger partial charge in [0.25, 0.3) is 0 Å². The summed E-state index contributed by atoms with van der Waals surface area (Å²) in [7, 11) is 1.39. The molecule has 121 valence electrons. The summed E-state index contributed by atoms with van der Waals surface area (Å²) >= 11 is 0. The van der Waals surface area contributed by atoms with Gasteiger partial charge in [0.1, 0.15) is 11.5 Å². The molecule has 0 bridgehead atoms. The van der Waals surface area contributed by atoms with Crippen molar-refractivity contribution in [1.29, 1.82) is 0 Å². The lowest BCUT2D eigenvalue weighted by Crippen LogP contribution is -2.10. The number of hydrogen-bond acceptors (Lipinski definition) is 2. The predicted octanol–water partition coefficient (Wildman–Crippen LogP) is 5.36. The van der Waals surface area contributed by atoms with E-state index in [0.717, 1.165) is 24.3 Å². The monoisotopic (exact) mass is 309 g/mol. The molecule has 2 aromatic rings. The molecule has 0 aliphatic rings. The van der Waals surface area contributed by atoms with Crippen LogP contribution in [0.4, 0.5) is 0 Å². The quantitative estimate of drug-likeness (QED) is 0.550. The minimum absolute atomic E-state index is 0.796. The summed E-state index contributed by atoms with van der Waals surface area (Å²) in [6.45, 7) is 4.42. The van der Waals surface area contributed by atoms with Crippen molar-refractivity contribution in [2.75, 3.05) is 0 Å². The van der Waals surface area contributed by atoms with Crippen LogP contribution in [0.2, 0.25) is 0 Å². The Bertz CT molecular complexity index is 497. The van der Waals surface area contributed by atoms with E-state index in [1.54, 1.807) is 0 Å². The van der Waals surface area contributed by atoms with E-state index in [2.05, 4.69) is 38.1 Å². The van der Waals surface area contributed by atoms with Gasteiger partial charge in [-0.15, -0.1) is 0 Å². The van der Waals surface area contributed by atoms with E-state index >= 15 is 0 Å². The fraction of sp³-hybridized carbons (Fsp3) is 0.400. The van der Waals surface area contributed by atoms with E-state index in [0.29, 0.717) is 0 Å². The van der Waals surface area contributed by atoms with E-state index in [1.165, 1.54) is 44.5 Å². The van der Waals surface area contributed by atoms with Crippen LogP contribution in [-0.2, 0) is 12.8 Å². The second-order valence-corrected chi connectivity index (χ2v) is 5.83. The maximum atomic E-state index is 5.52. The van der Waals surface area contributed by atoms with E-state index in [4.69, 9.17) is 9.31 Å². The van der Waals surface area contributed by atoms with Crippen LogP contribution in [0.5, 0.6) is 11.5 Å². The van der Waals surface area contributed by atoms with Crippen LogP contribution in [0.25, 0.3) is 0 Å². The van der Waals surface area contributed by atoms with Crippen molar-refractivity contribution in [3.05, 3.63) is 59.7 Å². The lowest BCUT2D eigenvalue weighted by atomic mass is 10.1. The zero-order chi connectivity index (χ0) is 16.3. The first-order valence-corrected chi connectivity index (χ1v) is 8.64. The van der Waals surface area contributed by atoms with Crippen LogP contribution >= 0.6 is 0 Å². The summed E-state index contributed by atoms with van der Waals surface area (Å²) in [6, 6.07) is 16.4. The second kappa shape index (κ2) is 9.99. The molecule has 0 N–H and O–H groups in total. The van der Waals surface area contributed by atoms with Gasteiger partial charge in [0, 0.05) is 0 Å². The van der Waals surface area contributed by atoms with E-state index in [9.17, 15) is 0 Å². The Morgan fingerprint density at radius 3 is 1.39 bits per heavy atom. The van der Waals surface area contributed by atoms with Crippen LogP contribution in [-0.4, -0.2) is 7.69 Å². The van der Waals surface area contributed by atoms with Crippen molar-refractivity contribution in [2.24, 2.45) is 0 Å². The number of unbranched alkanes of at least 4 members (excludes halogenated alkanes) is 2. The molecule has 0 amide bonds. The van der Waals surface area contributed by atoms with Gasteiger partial charge < -0.3 is 9.31 Å². The third kappa shape index (κ3) is 6.39. The fourth-order valence-electron chi connectivity index (χ4n) is 2.37. The Labute approximate surface area is 141 Å². The van der Waals surface area contributed by atoms with Gasteiger partial charge in [-0.2, -0.15) is 0 Å². The lowest BCUT2D eigenvalue weighted by Gasteiger charge is -2.08. The molecule has 0 atom stereocenters. The molecular formula is C20H26BO2. The standard InChI is InChI=1S/C20H26BO2/c1-3-5-7-17-9-13-19(14-10-17)22-21-23-20-15-11-18(12-16-20)8-6-4-2/h9-16H,3-8H2,1-2H3. The molecule has 3 heteroatoms. The van der Waals surface area contributed by atoms with Gasteiger partial charge >= 0.3 is 7.69 Å². The van der Waals surface area contributed by atoms with Crippen molar-refractivity contribution in [1.82, 2.24) is 0 Å². The molecule has 0 aliphatic heterocycles. The zero-order valence-corrected chi connectivity index (χ0v) is 14.3. The molecule has 0 spiro atoms. The van der Waals surface area contributed by atoms with Crippen molar-refractivity contribution in [3.63, 3.8) is 0 Å². The zero-order valence-electron chi connectivity index (χ0n) is 14.3. The van der Waals surface area contributed by atoms with Gasteiger partial charge in [-0.3, -0.25) is 0 Å². The minimum atomic E-state index is 0.796. The average molecular weight is 309 g/mol. The highest BCUT2D eigenvalue weighted by Gasteiger charge is 2.02. The van der Waals surface area contributed by atoms with Crippen molar-refractivity contribution in [3.8, 4) is 11.5 Å². The molecule has 0 saturated carbocycles. The molecule has 0 saturated heterocycles. The Kier molecular flexibility index (Phi) is 7.58. The Morgan fingerprint density at radius 2 is 1.04 bits per heavy atom. The first kappa shape index (κ1) is 17.5. The smallest absolute Gasteiger partial charge is 0.526 e. The molecule has 0 unspecified atom stereocenters. The fourth-order valence-corrected chi connectivity index (χ4v) is 2.37. The summed E-state index contributed by atoms with van der Waals surface area (Å²) in [4.78, 5) is 0. The van der Waals surface area contributed by atoms with E-state index in [-0.39, 0.29) is 0 Å². The van der Waals surface area contributed by atoms with Gasteiger partial charge in [0.2, 0.25) is 0 Å². The van der Waals surface area contributed by atoms with Crippen LogP contribution in [0.3, 0.4) is 0 Å². The lowest BCUT2D eigenvalue weighted by molar-refractivity contribution is 0.459. The topological polar surface area (TPSA) is 18.5 Å². The molecule has 0 aromatic heterocycles. The molecule has 2 rings (SSSR count). The molecule has 2 nitrogen and oxygen atoms in total. The molecule has 0 heterocycles. The third-order valence-electron chi connectivity index (χ3n) is 3.85. The first-order chi connectivity index (χ1) is 11.3. The summed E-state index contributed by atoms with van der Waals surface area (Å²) in [5, 5.41) is 0. The van der Waals surface area contributed by atoms with Gasteiger partial charge in [-0.05, 0) is 61.1 Å². The molecule has 23 heavy (non-hydrogen) atoms. The van der Waals surface area contributed by atoms with E-state index < -0.39 is 0 Å². The van der Waals surface area contributed by atoms with Crippen molar-refractivity contribution < 1.29 is 9.31 Å². The SMILES string of the molecule is CCCCc1ccc(O[B]Oc2ccc(CCCC)cc2)cc1. The van der Waals surface area contributed by atoms with Gasteiger partial charge in [0.15, 0.2) is 0 Å². The Hall–Kier alpha value is -1.90. The van der Waals surface area contributed by atoms with Crippen molar-refractivity contribution in [2.45, 2.75) is 52.4 Å². The average Bonchev–Trinajstić information content (AvgIpc) is 2.60. The highest BCUT2D eigenvalue weighted by Crippen LogP contribution is 2.16. The highest BCUT2D eigenvalue weighted by atomic mass is 16.6. The normalized spacial score (nSPS) is 10.3. The summed E-state index contributed by atoms with van der Waals surface area (Å²) in [6.07, 6.45) is 7.14. The highest BCUT2D eigenvalue weighted by molar-refractivity contribution is 6.20. The summed E-state index contributed by atoms with van der Waals surface area (Å²) in [5.41, 5.74) is 2.70. The van der Waals surface area contributed by atoms with Gasteiger partial charge in [-0.1, -0.05) is 51.0 Å². The minimum Gasteiger partial charge on any atom is -0.526 e. The maximum absolute atomic E-state index is 5.52. The second-order valence-electron chi connectivity index (χ2n) is 5.83. The number of hydrogen-bond donors (Lipinski definition) is 0. The molecule has 0 aliphatic carbocycles. The van der Waals surface area contributed by atoms with Crippen LogP contribution < -0.4 is 9.31 Å². The van der Waals surface area contributed by atoms with Crippen molar-refractivity contribution >= 4 is 7.69 Å². The molecular weight excluding hydrogens is 283 g/mol. The van der Waals surface area contributed by atoms with Gasteiger partial charge in [-0.25, -0.2) is 0 Å². The summed E-state index contributed by atoms with van der Waals surface area (Å²) < 4.78 is 11.0. The van der Waals surface area contributed by atoms with Crippen LogP contribution in [0.15, 0.2) is 48.5 Å². The largest absolute Gasteiger partial charge is 0.658 e. The number of benzene rings is 2. The third-order valence-corrected chi connectivity index (χ3v) is 3.85.